The Labute approximate surface area is 114 Å². The van der Waals surface area contributed by atoms with E-state index in [0.29, 0.717) is 13.0 Å². The maximum absolute atomic E-state index is 8.87. The van der Waals surface area contributed by atoms with Crippen LogP contribution in [0.5, 0.6) is 0 Å². The standard InChI is InChI=1S/C16H20N2O/c17-11-9-13-1-5-15(6-2-13)18-16-7-3-14(4-8-16)10-12-19/h1-8,18-19H,9-12,17H2. The molecule has 0 spiro atoms. The van der Waals surface area contributed by atoms with Gasteiger partial charge in [-0.05, 0) is 54.8 Å². The Morgan fingerprint density at radius 1 is 0.789 bits per heavy atom. The van der Waals surface area contributed by atoms with Crippen LogP contribution in [0.4, 0.5) is 11.4 Å². The Kier molecular flexibility index (Phi) is 4.95. The summed E-state index contributed by atoms with van der Waals surface area (Å²) in [5, 5.41) is 12.2. The summed E-state index contributed by atoms with van der Waals surface area (Å²) in [4.78, 5) is 0. The summed E-state index contributed by atoms with van der Waals surface area (Å²) >= 11 is 0. The van der Waals surface area contributed by atoms with Gasteiger partial charge in [0.2, 0.25) is 0 Å². The fraction of sp³-hybridized carbons (Fsp3) is 0.250. The number of aliphatic hydroxyl groups is 1. The number of hydrogen-bond acceptors (Lipinski definition) is 3. The van der Waals surface area contributed by atoms with Crippen LogP contribution < -0.4 is 11.1 Å². The van der Waals surface area contributed by atoms with Crippen molar-refractivity contribution >= 4 is 11.4 Å². The van der Waals surface area contributed by atoms with E-state index in [2.05, 4.69) is 29.6 Å². The van der Waals surface area contributed by atoms with Gasteiger partial charge in [0.15, 0.2) is 0 Å². The summed E-state index contributed by atoms with van der Waals surface area (Å²) in [6, 6.07) is 16.4. The molecule has 2 rings (SSSR count). The summed E-state index contributed by atoms with van der Waals surface area (Å²) in [5.41, 5.74) is 10.0. The number of aliphatic hydroxyl groups excluding tert-OH is 1. The average molecular weight is 256 g/mol. The quantitative estimate of drug-likeness (QED) is 0.744. The molecule has 19 heavy (non-hydrogen) atoms. The molecule has 0 amide bonds. The summed E-state index contributed by atoms with van der Waals surface area (Å²) in [7, 11) is 0. The van der Waals surface area contributed by atoms with Gasteiger partial charge in [0.05, 0.1) is 0 Å². The van der Waals surface area contributed by atoms with Crippen LogP contribution in [0.1, 0.15) is 11.1 Å². The zero-order valence-corrected chi connectivity index (χ0v) is 11.0. The Hall–Kier alpha value is -1.84. The van der Waals surface area contributed by atoms with Crippen LogP contribution in [0.3, 0.4) is 0 Å². The number of rotatable bonds is 6. The second-order valence-electron chi connectivity index (χ2n) is 4.53. The van der Waals surface area contributed by atoms with Crippen molar-refractivity contribution in [3.8, 4) is 0 Å². The van der Waals surface area contributed by atoms with E-state index in [1.54, 1.807) is 0 Å². The summed E-state index contributed by atoms with van der Waals surface area (Å²) in [6.07, 6.45) is 1.62. The molecule has 0 aliphatic heterocycles. The fourth-order valence-corrected chi connectivity index (χ4v) is 1.97. The van der Waals surface area contributed by atoms with Gasteiger partial charge in [0, 0.05) is 18.0 Å². The molecule has 3 nitrogen and oxygen atoms in total. The summed E-state index contributed by atoms with van der Waals surface area (Å²) < 4.78 is 0. The Balaban J connectivity index is 1.99. The predicted octanol–water partition coefficient (Wildman–Crippen LogP) is 2.47. The maximum atomic E-state index is 8.87. The molecule has 3 heteroatoms. The highest BCUT2D eigenvalue weighted by atomic mass is 16.2. The lowest BCUT2D eigenvalue weighted by Gasteiger charge is -2.08. The SMILES string of the molecule is NCCc1ccc(Nc2ccc(CCO)cc2)cc1. The monoisotopic (exact) mass is 256 g/mol. The van der Waals surface area contributed by atoms with E-state index < -0.39 is 0 Å². The van der Waals surface area contributed by atoms with Crippen LogP contribution in [0.15, 0.2) is 48.5 Å². The van der Waals surface area contributed by atoms with Crippen LogP contribution in [-0.2, 0) is 12.8 Å². The van der Waals surface area contributed by atoms with Crippen LogP contribution in [0.2, 0.25) is 0 Å². The van der Waals surface area contributed by atoms with Crippen molar-refractivity contribution in [1.82, 2.24) is 0 Å². The van der Waals surface area contributed by atoms with Crippen molar-refractivity contribution in [1.29, 1.82) is 0 Å². The molecule has 0 saturated heterocycles. The average Bonchev–Trinajstić information content (AvgIpc) is 2.44. The largest absolute Gasteiger partial charge is 0.396 e. The van der Waals surface area contributed by atoms with Gasteiger partial charge in [0.25, 0.3) is 0 Å². The van der Waals surface area contributed by atoms with E-state index >= 15 is 0 Å². The van der Waals surface area contributed by atoms with Crippen molar-refractivity contribution in [2.24, 2.45) is 5.73 Å². The van der Waals surface area contributed by atoms with Gasteiger partial charge in [-0.25, -0.2) is 0 Å². The third kappa shape index (κ3) is 4.09. The van der Waals surface area contributed by atoms with Crippen molar-refractivity contribution in [2.45, 2.75) is 12.8 Å². The van der Waals surface area contributed by atoms with Crippen molar-refractivity contribution in [3.63, 3.8) is 0 Å². The molecule has 0 atom stereocenters. The van der Waals surface area contributed by atoms with Crippen molar-refractivity contribution in [3.05, 3.63) is 59.7 Å². The lowest BCUT2D eigenvalue weighted by molar-refractivity contribution is 0.299. The molecule has 0 saturated carbocycles. The van der Waals surface area contributed by atoms with E-state index in [9.17, 15) is 0 Å². The first-order chi connectivity index (χ1) is 9.31. The first-order valence-corrected chi connectivity index (χ1v) is 6.57. The number of benzene rings is 2. The highest BCUT2D eigenvalue weighted by molar-refractivity contribution is 5.60. The molecule has 0 aromatic heterocycles. The molecule has 100 valence electrons. The number of nitrogens with two attached hydrogens (primary N) is 1. The second-order valence-corrected chi connectivity index (χ2v) is 4.53. The zero-order valence-electron chi connectivity index (χ0n) is 11.0. The number of nitrogens with one attached hydrogen (secondary N) is 1. The van der Waals surface area contributed by atoms with Gasteiger partial charge in [-0.2, -0.15) is 0 Å². The van der Waals surface area contributed by atoms with E-state index in [1.807, 2.05) is 24.3 Å². The number of hydrogen-bond donors (Lipinski definition) is 3. The molecule has 0 radical (unpaired) electrons. The van der Waals surface area contributed by atoms with Crippen molar-refractivity contribution in [2.75, 3.05) is 18.5 Å². The van der Waals surface area contributed by atoms with E-state index in [4.69, 9.17) is 10.8 Å². The molecule has 0 bridgehead atoms. The van der Waals surface area contributed by atoms with Gasteiger partial charge in [-0.15, -0.1) is 0 Å². The minimum Gasteiger partial charge on any atom is -0.396 e. The van der Waals surface area contributed by atoms with E-state index in [1.165, 1.54) is 5.56 Å². The van der Waals surface area contributed by atoms with Gasteiger partial charge < -0.3 is 16.2 Å². The zero-order chi connectivity index (χ0) is 13.5. The highest BCUT2D eigenvalue weighted by Crippen LogP contribution is 2.18. The second kappa shape index (κ2) is 6.92. The number of anilines is 2. The third-order valence-electron chi connectivity index (χ3n) is 3.03. The first-order valence-electron chi connectivity index (χ1n) is 6.57. The Morgan fingerprint density at radius 2 is 1.26 bits per heavy atom. The molecule has 0 aliphatic rings. The third-order valence-corrected chi connectivity index (χ3v) is 3.03. The van der Waals surface area contributed by atoms with Crippen LogP contribution >= 0.6 is 0 Å². The molecule has 2 aromatic carbocycles. The van der Waals surface area contributed by atoms with Crippen LogP contribution in [-0.4, -0.2) is 18.3 Å². The van der Waals surface area contributed by atoms with Crippen LogP contribution in [0.25, 0.3) is 0 Å². The molecule has 0 aliphatic carbocycles. The molecule has 0 unspecified atom stereocenters. The van der Waals surface area contributed by atoms with Gasteiger partial charge in [-0.3, -0.25) is 0 Å². The van der Waals surface area contributed by atoms with E-state index in [-0.39, 0.29) is 6.61 Å². The maximum Gasteiger partial charge on any atom is 0.0471 e. The lowest BCUT2D eigenvalue weighted by Crippen LogP contribution is -2.02. The molecular weight excluding hydrogens is 236 g/mol. The van der Waals surface area contributed by atoms with Gasteiger partial charge >= 0.3 is 0 Å². The van der Waals surface area contributed by atoms with Gasteiger partial charge in [0.1, 0.15) is 0 Å². The Morgan fingerprint density at radius 3 is 1.68 bits per heavy atom. The van der Waals surface area contributed by atoms with Crippen molar-refractivity contribution < 1.29 is 5.11 Å². The fourth-order valence-electron chi connectivity index (χ4n) is 1.97. The molecule has 4 N–H and O–H groups in total. The minimum atomic E-state index is 0.190. The van der Waals surface area contributed by atoms with Crippen LogP contribution in [0, 0.1) is 0 Å². The molecular formula is C16H20N2O. The summed E-state index contributed by atoms with van der Waals surface area (Å²) in [6.45, 7) is 0.870. The molecule has 0 heterocycles. The highest BCUT2D eigenvalue weighted by Gasteiger charge is 1.97. The predicted molar refractivity (Wildman–Crippen MR) is 79.7 cm³/mol. The van der Waals surface area contributed by atoms with Gasteiger partial charge in [-0.1, -0.05) is 24.3 Å². The topological polar surface area (TPSA) is 58.3 Å². The molecule has 0 fully saturated rings. The first kappa shape index (κ1) is 13.6. The Bertz CT molecular complexity index is 444. The van der Waals surface area contributed by atoms with E-state index in [0.717, 1.165) is 23.4 Å². The summed E-state index contributed by atoms with van der Waals surface area (Å²) in [5.74, 6) is 0. The smallest absolute Gasteiger partial charge is 0.0471 e. The lowest BCUT2D eigenvalue weighted by atomic mass is 10.1. The molecule has 2 aromatic rings. The minimum absolute atomic E-state index is 0.190. The normalized spacial score (nSPS) is 10.4.